The van der Waals surface area contributed by atoms with Crippen molar-refractivity contribution in [2.24, 2.45) is 0 Å². The van der Waals surface area contributed by atoms with Crippen molar-refractivity contribution >= 4 is 22.8 Å². The zero-order valence-corrected chi connectivity index (χ0v) is 17.4. The molecule has 0 N–H and O–H groups in total. The lowest BCUT2D eigenvalue weighted by molar-refractivity contribution is -0.161. The topological polar surface area (TPSA) is 81.5 Å². The molecular formula is C21H29N3O4. The van der Waals surface area contributed by atoms with Crippen LogP contribution in [0.25, 0.3) is 10.9 Å². The van der Waals surface area contributed by atoms with Gasteiger partial charge in [-0.05, 0) is 53.2 Å². The molecule has 7 nitrogen and oxygen atoms in total. The maximum Gasteiger partial charge on any atom is 0.308 e. The highest BCUT2D eigenvalue weighted by atomic mass is 16.5. The number of rotatable bonds is 7. The van der Waals surface area contributed by atoms with E-state index in [4.69, 9.17) is 4.74 Å². The third-order valence-electron chi connectivity index (χ3n) is 4.64. The molecule has 0 saturated heterocycles. The molecule has 1 aromatic heterocycles. The number of aryl methyl sites for hydroxylation is 2. The van der Waals surface area contributed by atoms with Gasteiger partial charge in [0.2, 0.25) is 0 Å². The molecule has 2 rings (SSSR count). The lowest BCUT2D eigenvalue weighted by atomic mass is 10.1. The standard InChI is InChI=1S/C21H29N3O4/c1-13(2)24(14(3)4)20(26)16(6)28-18(25)10-11-23-12-22-19-15(5)8-7-9-17(19)21(23)27/h7-9,12-14,16H,10-11H2,1-6H3. The number of ether oxygens (including phenoxy) is 1. The van der Waals surface area contributed by atoms with Crippen molar-refractivity contribution in [1.29, 1.82) is 0 Å². The highest BCUT2D eigenvalue weighted by Gasteiger charge is 2.27. The van der Waals surface area contributed by atoms with Crippen LogP contribution in [0.2, 0.25) is 0 Å². The molecule has 1 heterocycles. The minimum Gasteiger partial charge on any atom is -0.452 e. The van der Waals surface area contributed by atoms with Crippen LogP contribution in [0, 0.1) is 6.92 Å². The Labute approximate surface area is 165 Å². The summed E-state index contributed by atoms with van der Waals surface area (Å²) in [4.78, 5) is 43.3. The van der Waals surface area contributed by atoms with Gasteiger partial charge in [0.1, 0.15) is 0 Å². The number of aromatic nitrogens is 2. The van der Waals surface area contributed by atoms with E-state index in [0.717, 1.165) is 5.56 Å². The summed E-state index contributed by atoms with van der Waals surface area (Å²) in [7, 11) is 0. The summed E-state index contributed by atoms with van der Waals surface area (Å²) in [6.07, 6.45) is 0.560. The highest BCUT2D eigenvalue weighted by Crippen LogP contribution is 2.12. The fraction of sp³-hybridized carbons (Fsp3) is 0.524. The third-order valence-corrected chi connectivity index (χ3v) is 4.64. The van der Waals surface area contributed by atoms with Gasteiger partial charge in [0.15, 0.2) is 6.10 Å². The van der Waals surface area contributed by atoms with Gasteiger partial charge in [-0.15, -0.1) is 0 Å². The largest absolute Gasteiger partial charge is 0.452 e. The van der Waals surface area contributed by atoms with Crippen LogP contribution in [-0.2, 0) is 20.9 Å². The van der Waals surface area contributed by atoms with Crippen LogP contribution in [0.1, 0.15) is 46.6 Å². The predicted molar refractivity (Wildman–Crippen MR) is 108 cm³/mol. The van der Waals surface area contributed by atoms with Crippen molar-refractivity contribution in [2.75, 3.05) is 0 Å². The van der Waals surface area contributed by atoms with E-state index in [9.17, 15) is 14.4 Å². The Morgan fingerprint density at radius 3 is 2.39 bits per heavy atom. The molecule has 0 radical (unpaired) electrons. The summed E-state index contributed by atoms with van der Waals surface area (Å²) in [5.41, 5.74) is 1.39. The summed E-state index contributed by atoms with van der Waals surface area (Å²) in [6.45, 7) is 11.3. The second-order valence-electron chi connectivity index (χ2n) is 7.53. The predicted octanol–water partition coefficient (Wildman–Crippen LogP) is 2.67. The van der Waals surface area contributed by atoms with Gasteiger partial charge in [-0.25, -0.2) is 4.98 Å². The number of carbonyl (C=O) groups excluding carboxylic acids is 2. The summed E-state index contributed by atoms with van der Waals surface area (Å²) in [6, 6.07) is 5.45. The Balaban J connectivity index is 2.03. The molecule has 0 spiro atoms. The fourth-order valence-corrected chi connectivity index (χ4v) is 3.33. The molecule has 7 heteroatoms. The first-order valence-electron chi connectivity index (χ1n) is 9.60. The van der Waals surface area contributed by atoms with E-state index in [1.165, 1.54) is 10.9 Å². The van der Waals surface area contributed by atoms with E-state index in [1.807, 2.05) is 46.8 Å². The smallest absolute Gasteiger partial charge is 0.308 e. The average Bonchev–Trinajstić information content (AvgIpc) is 2.61. The van der Waals surface area contributed by atoms with E-state index in [1.54, 1.807) is 17.9 Å². The van der Waals surface area contributed by atoms with Gasteiger partial charge in [0.25, 0.3) is 11.5 Å². The normalized spacial score (nSPS) is 12.4. The van der Waals surface area contributed by atoms with Gasteiger partial charge in [0, 0.05) is 18.6 Å². The van der Waals surface area contributed by atoms with Crippen LogP contribution in [0.5, 0.6) is 0 Å². The molecule has 0 bridgehead atoms. The lowest BCUT2D eigenvalue weighted by Crippen LogP contribution is -2.47. The Hall–Kier alpha value is -2.70. The first-order valence-corrected chi connectivity index (χ1v) is 9.60. The molecule has 2 aromatic rings. The van der Waals surface area contributed by atoms with Crippen LogP contribution in [-0.4, -0.2) is 44.5 Å². The van der Waals surface area contributed by atoms with Crippen molar-refractivity contribution in [2.45, 2.75) is 72.7 Å². The number of esters is 1. The number of benzene rings is 1. The van der Waals surface area contributed by atoms with Crippen LogP contribution in [0.15, 0.2) is 29.3 Å². The average molecular weight is 387 g/mol. The number of hydrogen-bond donors (Lipinski definition) is 0. The first kappa shape index (κ1) is 21.6. The van der Waals surface area contributed by atoms with E-state index in [0.29, 0.717) is 10.9 Å². The maximum absolute atomic E-state index is 12.6. The van der Waals surface area contributed by atoms with Gasteiger partial charge in [0.05, 0.1) is 23.7 Å². The monoisotopic (exact) mass is 387 g/mol. The molecule has 1 aromatic carbocycles. The van der Waals surface area contributed by atoms with Gasteiger partial charge >= 0.3 is 5.97 Å². The SMILES string of the molecule is Cc1cccc2c(=O)n(CCC(=O)OC(C)C(=O)N(C(C)C)C(C)C)cnc12. The van der Waals surface area contributed by atoms with Gasteiger partial charge in [-0.1, -0.05) is 12.1 Å². The zero-order valence-electron chi connectivity index (χ0n) is 17.4. The summed E-state index contributed by atoms with van der Waals surface area (Å²) < 4.78 is 6.69. The summed E-state index contributed by atoms with van der Waals surface area (Å²) >= 11 is 0. The Bertz CT molecular complexity index is 909. The maximum atomic E-state index is 12.6. The van der Waals surface area contributed by atoms with Crippen molar-refractivity contribution in [3.8, 4) is 0 Å². The molecular weight excluding hydrogens is 358 g/mol. The van der Waals surface area contributed by atoms with E-state index in [-0.39, 0.29) is 36.5 Å². The molecule has 1 amide bonds. The third kappa shape index (κ3) is 4.77. The highest BCUT2D eigenvalue weighted by molar-refractivity contribution is 5.84. The van der Waals surface area contributed by atoms with Gasteiger partial charge < -0.3 is 9.64 Å². The minimum absolute atomic E-state index is 0.0133. The molecule has 28 heavy (non-hydrogen) atoms. The van der Waals surface area contributed by atoms with Crippen molar-refractivity contribution in [1.82, 2.24) is 14.5 Å². The number of fused-ring (bicyclic) bond motifs is 1. The molecule has 0 saturated carbocycles. The summed E-state index contributed by atoms with van der Waals surface area (Å²) in [5, 5.41) is 0.518. The second kappa shape index (κ2) is 8.99. The Kier molecular flexibility index (Phi) is 6.94. The van der Waals surface area contributed by atoms with Crippen molar-refractivity contribution in [3.63, 3.8) is 0 Å². The number of hydrogen-bond acceptors (Lipinski definition) is 5. The van der Waals surface area contributed by atoms with Crippen LogP contribution in [0.3, 0.4) is 0 Å². The number of amides is 1. The van der Waals surface area contributed by atoms with Crippen LogP contribution >= 0.6 is 0 Å². The van der Waals surface area contributed by atoms with E-state index in [2.05, 4.69) is 4.98 Å². The van der Waals surface area contributed by atoms with Crippen LogP contribution in [0.4, 0.5) is 0 Å². The molecule has 152 valence electrons. The van der Waals surface area contributed by atoms with E-state index >= 15 is 0 Å². The second-order valence-corrected chi connectivity index (χ2v) is 7.53. The number of nitrogens with zero attached hydrogens (tertiary/aromatic N) is 3. The Morgan fingerprint density at radius 2 is 1.79 bits per heavy atom. The fourth-order valence-electron chi connectivity index (χ4n) is 3.33. The minimum atomic E-state index is -0.869. The van der Waals surface area contributed by atoms with E-state index < -0.39 is 12.1 Å². The molecule has 1 atom stereocenters. The van der Waals surface area contributed by atoms with Gasteiger partial charge in [-0.2, -0.15) is 0 Å². The molecule has 0 aliphatic heterocycles. The molecule has 0 aliphatic rings. The van der Waals surface area contributed by atoms with Crippen molar-refractivity contribution < 1.29 is 14.3 Å². The molecule has 1 unspecified atom stereocenters. The number of carbonyl (C=O) groups is 2. The first-order chi connectivity index (χ1) is 13.1. The molecule has 0 aliphatic carbocycles. The zero-order chi connectivity index (χ0) is 21.0. The summed E-state index contributed by atoms with van der Waals surface area (Å²) in [5.74, 6) is -0.747. The van der Waals surface area contributed by atoms with Crippen LogP contribution < -0.4 is 5.56 Å². The Morgan fingerprint density at radius 1 is 1.14 bits per heavy atom. The lowest BCUT2D eigenvalue weighted by Gasteiger charge is -2.32. The molecule has 0 fully saturated rings. The number of para-hydroxylation sites is 1. The quantitative estimate of drug-likeness (QED) is 0.682. The van der Waals surface area contributed by atoms with Crippen molar-refractivity contribution in [3.05, 3.63) is 40.4 Å². The van der Waals surface area contributed by atoms with Gasteiger partial charge in [-0.3, -0.25) is 19.0 Å².